The van der Waals surface area contributed by atoms with Crippen LogP contribution < -0.4 is 0 Å². The average molecular weight is 272 g/mol. The van der Waals surface area contributed by atoms with Gasteiger partial charge < -0.3 is 5.11 Å². The summed E-state index contributed by atoms with van der Waals surface area (Å²) in [5.41, 5.74) is 0.638. The molecule has 1 aromatic carbocycles. The van der Waals surface area contributed by atoms with E-state index in [4.69, 9.17) is 16.7 Å². The van der Waals surface area contributed by atoms with Crippen molar-refractivity contribution in [3.63, 3.8) is 0 Å². The van der Waals surface area contributed by atoms with E-state index in [2.05, 4.69) is 0 Å². The molecule has 2 rings (SSSR count). The maximum atomic E-state index is 13.3. The summed E-state index contributed by atoms with van der Waals surface area (Å²) in [5, 5.41) is 8.96. The molecule has 1 aliphatic carbocycles. The maximum absolute atomic E-state index is 13.3. The van der Waals surface area contributed by atoms with Gasteiger partial charge in [0.1, 0.15) is 5.82 Å². The molecule has 0 aliphatic heterocycles. The predicted molar refractivity (Wildman–Crippen MR) is 67.0 cm³/mol. The Balaban J connectivity index is 2.06. The Kier molecular flexibility index (Phi) is 4.19. The number of rotatable bonds is 6. The summed E-state index contributed by atoms with van der Waals surface area (Å²) in [7, 11) is 0. The van der Waals surface area contributed by atoms with Crippen molar-refractivity contribution in [1.82, 2.24) is 4.90 Å². The smallest absolute Gasteiger partial charge is 0.317 e. The van der Waals surface area contributed by atoms with Crippen molar-refractivity contribution < 1.29 is 14.3 Å². The minimum atomic E-state index is -0.872. The van der Waals surface area contributed by atoms with E-state index in [1.807, 2.05) is 0 Å². The van der Waals surface area contributed by atoms with Gasteiger partial charge in [-0.1, -0.05) is 23.7 Å². The standard InChI is InChI=1S/C13H15ClFNO2/c14-13-10(2-1-3-11(13)15)7-16(8-12(17)18)6-9-4-5-9/h1-3,9H,4-8H2,(H,17,18). The molecule has 0 heterocycles. The molecule has 5 heteroatoms. The molecule has 1 aromatic rings. The van der Waals surface area contributed by atoms with Crippen LogP contribution in [-0.4, -0.2) is 29.1 Å². The fraction of sp³-hybridized carbons (Fsp3) is 0.462. The number of hydrogen-bond acceptors (Lipinski definition) is 2. The second-order valence-corrected chi connectivity index (χ2v) is 5.10. The highest BCUT2D eigenvalue weighted by molar-refractivity contribution is 6.31. The lowest BCUT2D eigenvalue weighted by atomic mass is 10.2. The molecule has 0 aromatic heterocycles. The molecule has 1 N–H and O–H groups in total. The van der Waals surface area contributed by atoms with Gasteiger partial charge >= 0.3 is 5.97 Å². The Morgan fingerprint density at radius 2 is 2.22 bits per heavy atom. The van der Waals surface area contributed by atoms with Gasteiger partial charge in [-0.3, -0.25) is 9.69 Å². The Labute approximate surface area is 110 Å². The first-order valence-electron chi connectivity index (χ1n) is 5.93. The third-order valence-electron chi connectivity index (χ3n) is 3.00. The number of aliphatic carboxylic acids is 1. The number of nitrogens with zero attached hydrogens (tertiary/aromatic N) is 1. The van der Waals surface area contributed by atoms with Crippen molar-refractivity contribution in [2.24, 2.45) is 5.92 Å². The molecule has 1 saturated carbocycles. The molecule has 0 radical (unpaired) electrons. The van der Waals surface area contributed by atoms with Crippen molar-refractivity contribution in [2.75, 3.05) is 13.1 Å². The number of hydrogen-bond donors (Lipinski definition) is 1. The van der Waals surface area contributed by atoms with Gasteiger partial charge in [-0.2, -0.15) is 0 Å². The second kappa shape index (κ2) is 5.67. The molecule has 0 amide bonds. The van der Waals surface area contributed by atoms with Gasteiger partial charge in [-0.25, -0.2) is 4.39 Å². The van der Waals surface area contributed by atoms with Crippen LogP contribution in [0.15, 0.2) is 18.2 Å². The van der Waals surface area contributed by atoms with Crippen LogP contribution in [0.4, 0.5) is 4.39 Å². The molecule has 1 aliphatic rings. The van der Waals surface area contributed by atoms with Crippen molar-refractivity contribution in [3.05, 3.63) is 34.6 Å². The number of carboxylic acids is 1. The van der Waals surface area contributed by atoms with Crippen LogP contribution in [0.2, 0.25) is 5.02 Å². The number of carboxylic acid groups (broad SMARTS) is 1. The van der Waals surface area contributed by atoms with Crippen molar-refractivity contribution in [3.8, 4) is 0 Å². The minimum absolute atomic E-state index is 0.0384. The maximum Gasteiger partial charge on any atom is 0.317 e. The zero-order valence-corrected chi connectivity index (χ0v) is 10.7. The molecule has 18 heavy (non-hydrogen) atoms. The summed E-state index contributed by atoms with van der Waals surface area (Å²) in [5.74, 6) is -0.754. The fourth-order valence-corrected chi connectivity index (χ4v) is 2.14. The van der Waals surface area contributed by atoms with Gasteiger partial charge in [0.15, 0.2) is 0 Å². The molecule has 98 valence electrons. The third kappa shape index (κ3) is 3.68. The van der Waals surface area contributed by atoms with E-state index in [9.17, 15) is 9.18 Å². The molecule has 1 fully saturated rings. The molecule has 3 nitrogen and oxygen atoms in total. The van der Waals surface area contributed by atoms with Crippen LogP contribution in [0.3, 0.4) is 0 Å². The summed E-state index contributed by atoms with van der Waals surface area (Å²) in [6.45, 7) is 1.07. The summed E-state index contributed by atoms with van der Waals surface area (Å²) >= 11 is 5.88. The molecule has 0 bridgehead atoms. The van der Waals surface area contributed by atoms with E-state index in [0.29, 0.717) is 18.0 Å². The summed E-state index contributed by atoms with van der Waals surface area (Å²) in [6.07, 6.45) is 2.29. The van der Waals surface area contributed by atoms with Crippen LogP contribution in [0.1, 0.15) is 18.4 Å². The zero-order valence-electron chi connectivity index (χ0n) is 9.90. The van der Waals surface area contributed by atoms with E-state index in [1.54, 1.807) is 17.0 Å². The number of carbonyl (C=O) groups is 1. The molecular formula is C13H15ClFNO2. The first-order chi connectivity index (χ1) is 8.56. The van der Waals surface area contributed by atoms with E-state index in [-0.39, 0.29) is 11.6 Å². The molecular weight excluding hydrogens is 257 g/mol. The van der Waals surface area contributed by atoms with E-state index < -0.39 is 11.8 Å². The van der Waals surface area contributed by atoms with Gasteiger partial charge in [0, 0.05) is 13.1 Å². The molecule has 0 unspecified atom stereocenters. The van der Waals surface area contributed by atoms with Crippen molar-refractivity contribution >= 4 is 17.6 Å². The van der Waals surface area contributed by atoms with E-state index in [0.717, 1.165) is 19.4 Å². The summed E-state index contributed by atoms with van der Waals surface area (Å²) < 4.78 is 13.3. The van der Waals surface area contributed by atoms with Gasteiger partial charge in [-0.15, -0.1) is 0 Å². The van der Waals surface area contributed by atoms with Crippen LogP contribution in [0.5, 0.6) is 0 Å². The monoisotopic (exact) mass is 271 g/mol. The Morgan fingerprint density at radius 1 is 1.50 bits per heavy atom. The minimum Gasteiger partial charge on any atom is -0.480 e. The van der Waals surface area contributed by atoms with Crippen LogP contribution in [0.25, 0.3) is 0 Å². The van der Waals surface area contributed by atoms with Crippen LogP contribution in [-0.2, 0) is 11.3 Å². The van der Waals surface area contributed by atoms with Gasteiger partial charge in [0.05, 0.1) is 11.6 Å². The first kappa shape index (κ1) is 13.3. The lowest BCUT2D eigenvalue weighted by Crippen LogP contribution is -2.31. The second-order valence-electron chi connectivity index (χ2n) is 4.72. The molecule has 0 saturated heterocycles. The topological polar surface area (TPSA) is 40.5 Å². The fourth-order valence-electron chi connectivity index (χ4n) is 1.95. The summed E-state index contributed by atoms with van der Waals surface area (Å²) in [6, 6.07) is 4.62. The molecule has 0 spiro atoms. The average Bonchev–Trinajstić information content (AvgIpc) is 3.07. The Hall–Kier alpha value is -1.13. The van der Waals surface area contributed by atoms with Crippen LogP contribution >= 0.6 is 11.6 Å². The Morgan fingerprint density at radius 3 is 2.83 bits per heavy atom. The van der Waals surface area contributed by atoms with Gasteiger partial charge in [0.25, 0.3) is 0 Å². The zero-order chi connectivity index (χ0) is 13.1. The normalized spacial score (nSPS) is 15.1. The highest BCUT2D eigenvalue weighted by Crippen LogP contribution is 2.30. The van der Waals surface area contributed by atoms with E-state index >= 15 is 0 Å². The van der Waals surface area contributed by atoms with Crippen molar-refractivity contribution in [1.29, 1.82) is 0 Å². The lowest BCUT2D eigenvalue weighted by molar-refractivity contribution is -0.138. The first-order valence-corrected chi connectivity index (χ1v) is 6.31. The van der Waals surface area contributed by atoms with Crippen LogP contribution in [0, 0.1) is 11.7 Å². The number of benzene rings is 1. The van der Waals surface area contributed by atoms with Gasteiger partial charge in [0.2, 0.25) is 0 Å². The van der Waals surface area contributed by atoms with Gasteiger partial charge in [-0.05, 0) is 30.4 Å². The van der Waals surface area contributed by atoms with Crippen molar-refractivity contribution in [2.45, 2.75) is 19.4 Å². The lowest BCUT2D eigenvalue weighted by Gasteiger charge is -2.20. The quantitative estimate of drug-likeness (QED) is 0.865. The molecule has 0 atom stereocenters. The van der Waals surface area contributed by atoms with E-state index in [1.165, 1.54) is 6.07 Å². The SMILES string of the molecule is O=C(O)CN(Cc1cccc(F)c1Cl)CC1CC1. The highest BCUT2D eigenvalue weighted by Gasteiger charge is 2.25. The predicted octanol–water partition coefficient (Wildman–Crippen LogP) is 2.78. The Bertz CT molecular complexity index is 449. The largest absolute Gasteiger partial charge is 0.480 e. The number of halogens is 2. The third-order valence-corrected chi connectivity index (χ3v) is 3.42. The highest BCUT2D eigenvalue weighted by atomic mass is 35.5. The summed E-state index contributed by atoms with van der Waals surface area (Å²) in [4.78, 5) is 12.6.